The molecular weight excluding hydrogens is 264 g/mol. The van der Waals surface area contributed by atoms with E-state index in [1.807, 2.05) is 26.0 Å². The van der Waals surface area contributed by atoms with E-state index in [0.29, 0.717) is 24.7 Å². The molecule has 0 aliphatic heterocycles. The summed E-state index contributed by atoms with van der Waals surface area (Å²) in [6, 6.07) is 3.72. The molecule has 0 aromatic carbocycles. The fourth-order valence-electron chi connectivity index (χ4n) is 2.13. The number of nitrogens with one attached hydrogen (secondary N) is 1. The lowest BCUT2D eigenvalue weighted by molar-refractivity contribution is 0.0767. The molecule has 1 amide bonds. The molecule has 1 unspecified atom stereocenters. The summed E-state index contributed by atoms with van der Waals surface area (Å²) >= 11 is 0. The molecule has 5 nitrogen and oxygen atoms in total. The smallest absolute Gasteiger partial charge is 0.272 e. The van der Waals surface area contributed by atoms with Crippen LogP contribution in [0.3, 0.4) is 0 Å². The van der Waals surface area contributed by atoms with Crippen molar-refractivity contribution >= 4 is 11.6 Å². The number of carbonyl (C=O) groups is 1. The number of anilines is 1. The number of carbonyl (C=O) groups excluding carboxylic acids is 1. The minimum Gasteiger partial charge on any atom is -0.385 e. The molecule has 1 rings (SSSR count). The van der Waals surface area contributed by atoms with Gasteiger partial charge in [-0.1, -0.05) is 6.92 Å². The van der Waals surface area contributed by atoms with E-state index in [-0.39, 0.29) is 5.91 Å². The van der Waals surface area contributed by atoms with Gasteiger partial charge in [-0.15, -0.1) is 0 Å². The first-order chi connectivity index (χ1) is 10.1. The Morgan fingerprint density at radius 2 is 2.14 bits per heavy atom. The molecule has 0 saturated heterocycles. The van der Waals surface area contributed by atoms with E-state index in [2.05, 4.69) is 17.2 Å². The number of nitrogens with two attached hydrogens (primary N) is 1. The Kier molecular flexibility index (Phi) is 7.75. The average molecular weight is 292 g/mol. The standard InChI is InChI=1S/C16H28N4O/c1-4-20(5-2)16(21)15-11-14(8-10-19-15)18-9-6-7-13(3)12-17/h8,10-11,13H,4-7,9,12,17H2,1-3H3,(H,18,19). The molecule has 0 spiro atoms. The highest BCUT2D eigenvalue weighted by Gasteiger charge is 2.13. The summed E-state index contributed by atoms with van der Waals surface area (Å²) in [5, 5.41) is 3.34. The first-order valence-electron chi connectivity index (χ1n) is 7.81. The van der Waals surface area contributed by atoms with Crippen LogP contribution >= 0.6 is 0 Å². The number of pyridine rings is 1. The summed E-state index contributed by atoms with van der Waals surface area (Å²) in [5.74, 6) is 0.546. The molecule has 21 heavy (non-hydrogen) atoms. The van der Waals surface area contributed by atoms with E-state index < -0.39 is 0 Å². The summed E-state index contributed by atoms with van der Waals surface area (Å²) in [7, 11) is 0. The molecule has 3 N–H and O–H groups in total. The van der Waals surface area contributed by atoms with Crippen LogP contribution in [0, 0.1) is 5.92 Å². The molecule has 1 aromatic rings. The second kappa shape index (κ2) is 9.34. The van der Waals surface area contributed by atoms with Crippen LogP contribution in [0.1, 0.15) is 44.1 Å². The molecule has 1 aromatic heterocycles. The molecule has 0 aliphatic rings. The number of amides is 1. The van der Waals surface area contributed by atoms with E-state index in [1.54, 1.807) is 11.1 Å². The fraction of sp³-hybridized carbons (Fsp3) is 0.625. The van der Waals surface area contributed by atoms with Gasteiger partial charge in [-0.25, -0.2) is 0 Å². The summed E-state index contributed by atoms with van der Waals surface area (Å²) in [4.78, 5) is 18.2. The van der Waals surface area contributed by atoms with Gasteiger partial charge in [0.25, 0.3) is 5.91 Å². The predicted molar refractivity (Wildman–Crippen MR) is 87.4 cm³/mol. The van der Waals surface area contributed by atoms with Gasteiger partial charge in [0.05, 0.1) is 0 Å². The Bertz CT molecular complexity index is 432. The Morgan fingerprint density at radius 3 is 2.76 bits per heavy atom. The molecule has 1 heterocycles. The second-order valence-corrected chi connectivity index (χ2v) is 5.32. The topological polar surface area (TPSA) is 71.2 Å². The monoisotopic (exact) mass is 292 g/mol. The molecule has 0 fully saturated rings. The van der Waals surface area contributed by atoms with E-state index in [4.69, 9.17) is 5.73 Å². The maximum atomic E-state index is 12.2. The zero-order chi connectivity index (χ0) is 15.7. The lowest BCUT2D eigenvalue weighted by Crippen LogP contribution is -2.31. The number of rotatable bonds is 9. The van der Waals surface area contributed by atoms with E-state index >= 15 is 0 Å². The van der Waals surface area contributed by atoms with Crippen molar-refractivity contribution in [2.75, 3.05) is 31.5 Å². The van der Waals surface area contributed by atoms with Gasteiger partial charge in [0, 0.05) is 31.5 Å². The largest absolute Gasteiger partial charge is 0.385 e. The first kappa shape index (κ1) is 17.4. The van der Waals surface area contributed by atoms with Crippen LogP contribution in [0.4, 0.5) is 5.69 Å². The minimum absolute atomic E-state index is 0.0135. The van der Waals surface area contributed by atoms with Crippen molar-refractivity contribution in [2.24, 2.45) is 11.7 Å². The molecule has 1 atom stereocenters. The Balaban J connectivity index is 2.54. The van der Waals surface area contributed by atoms with E-state index in [9.17, 15) is 4.79 Å². The lowest BCUT2D eigenvalue weighted by Gasteiger charge is -2.18. The summed E-state index contributed by atoms with van der Waals surface area (Å²) in [6.07, 6.45) is 3.86. The van der Waals surface area contributed by atoms with Crippen LogP contribution in [0.5, 0.6) is 0 Å². The SMILES string of the molecule is CCN(CC)C(=O)c1cc(NCCCC(C)CN)ccn1. The predicted octanol–water partition coefficient (Wildman–Crippen LogP) is 2.35. The molecular formula is C16H28N4O. The van der Waals surface area contributed by atoms with Crippen LogP contribution in [0.25, 0.3) is 0 Å². The van der Waals surface area contributed by atoms with Crippen LogP contribution in [-0.2, 0) is 0 Å². The van der Waals surface area contributed by atoms with Gasteiger partial charge in [-0.2, -0.15) is 0 Å². The number of aromatic nitrogens is 1. The Labute approximate surface area is 127 Å². The highest BCUT2D eigenvalue weighted by Crippen LogP contribution is 2.11. The number of hydrogen-bond acceptors (Lipinski definition) is 4. The zero-order valence-electron chi connectivity index (χ0n) is 13.4. The summed E-state index contributed by atoms with van der Waals surface area (Å²) in [6.45, 7) is 9.12. The number of hydrogen-bond donors (Lipinski definition) is 2. The zero-order valence-corrected chi connectivity index (χ0v) is 13.4. The Hall–Kier alpha value is -1.62. The van der Waals surface area contributed by atoms with Crippen molar-refractivity contribution in [2.45, 2.75) is 33.6 Å². The third-order valence-electron chi connectivity index (χ3n) is 3.63. The van der Waals surface area contributed by atoms with Crippen LogP contribution in [0.2, 0.25) is 0 Å². The quantitative estimate of drug-likeness (QED) is 0.685. The van der Waals surface area contributed by atoms with Crippen LogP contribution < -0.4 is 11.1 Å². The lowest BCUT2D eigenvalue weighted by atomic mass is 10.1. The third-order valence-corrected chi connectivity index (χ3v) is 3.63. The second-order valence-electron chi connectivity index (χ2n) is 5.32. The third kappa shape index (κ3) is 5.71. The maximum Gasteiger partial charge on any atom is 0.272 e. The van der Waals surface area contributed by atoms with Crippen molar-refractivity contribution in [3.8, 4) is 0 Å². The highest BCUT2D eigenvalue weighted by molar-refractivity contribution is 5.93. The van der Waals surface area contributed by atoms with Crippen LogP contribution in [0.15, 0.2) is 18.3 Å². The van der Waals surface area contributed by atoms with E-state index in [1.165, 1.54) is 0 Å². The molecule has 0 bridgehead atoms. The number of nitrogens with zero attached hydrogens (tertiary/aromatic N) is 2. The maximum absolute atomic E-state index is 12.2. The average Bonchev–Trinajstić information content (AvgIpc) is 2.52. The Morgan fingerprint density at radius 1 is 1.43 bits per heavy atom. The van der Waals surface area contributed by atoms with Crippen molar-refractivity contribution in [3.05, 3.63) is 24.0 Å². The van der Waals surface area contributed by atoms with Gasteiger partial charge in [0.2, 0.25) is 0 Å². The van der Waals surface area contributed by atoms with E-state index in [0.717, 1.165) is 31.6 Å². The van der Waals surface area contributed by atoms with Crippen molar-refractivity contribution in [3.63, 3.8) is 0 Å². The molecule has 0 aliphatic carbocycles. The molecule has 118 valence electrons. The van der Waals surface area contributed by atoms with Gasteiger partial charge < -0.3 is 16.0 Å². The normalized spacial score (nSPS) is 12.0. The highest BCUT2D eigenvalue weighted by atomic mass is 16.2. The summed E-state index contributed by atoms with van der Waals surface area (Å²) < 4.78 is 0. The van der Waals surface area contributed by atoms with Gasteiger partial charge in [-0.3, -0.25) is 9.78 Å². The van der Waals surface area contributed by atoms with Crippen molar-refractivity contribution in [1.29, 1.82) is 0 Å². The van der Waals surface area contributed by atoms with Crippen molar-refractivity contribution in [1.82, 2.24) is 9.88 Å². The molecule has 5 heteroatoms. The molecule has 0 radical (unpaired) electrons. The van der Waals surface area contributed by atoms with Gasteiger partial charge in [0.15, 0.2) is 0 Å². The molecule has 0 saturated carbocycles. The first-order valence-corrected chi connectivity index (χ1v) is 7.81. The van der Waals surface area contributed by atoms with Gasteiger partial charge in [-0.05, 0) is 51.3 Å². The fourth-order valence-corrected chi connectivity index (χ4v) is 2.13. The van der Waals surface area contributed by atoms with Crippen LogP contribution in [-0.4, -0.2) is 42.0 Å². The van der Waals surface area contributed by atoms with Gasteiger partial charge >= 0.3 is 0 Å². The van der Waals surface area contributed by atoms with Gasteiger partial charge in [0.1, 0.15) is 5.69 Å². The minimum atomic E-state index is -0.0135. The van der Waals surface area contributed by atoms with Crippen molar-refractivity contribution < 1.29 is 4.79 Å². The summed E-state index contributed by atoms with van der Waals surface area (Å²) in [5.41, 5.74) is 7.05.